The summed E-state index contributed by atoms with van der Waals surface area (Å²) >= 11 is 0. The lowest BCUT2D eigenvalue weighted by Gasteiger charge is -2.38. The molecule has 2 heterocycles. The minimum atomic E-state index is -1.82. The minimum absolute atomic E-state index is 0.0332. The van der Waals surface area contributed by atoms with Crippen molar-refractivity contribution in [2.75, 3.05) is 13.2 Å². The highest BCUT2D eigenvalue weighted by Gasteiger charge is 2.52. The lowest BCUT2D eigenvalue weighted by molar-refractivity contribution is -0.295. The van der Waals surface area contributed by atoms with E-state index >= 15 is 0 Å². The van der Waals surface area contributed by atoms with Gasteiger partial charge >= 0.3 is 0 Å². The van der Waals surface area contributed by atoms with Gasteiger partial charge in [-0.1, -0.05) is 0 Å². The maximum Gasteiger partial charge on any atom is 0.187 e. The Bertz CT molecular complexity index is 379. The van der Waals surface area contributed by atoms with Crippen LogP contribution in [0.25, 0.3) is 0 Å². The fraction of sp³-hybridized carbons (Fsp3) is 0.917. The number of aldehydes is 1. The van der Waals surface area contributed by atoms with Crippen LogP contribution in [0.5, 0.6) is 0 Å². The highest BCUT2D eigenvalue weighted by atomic mass is 16.7. The van der Waals surface area contributed by atoms with Gasteiger partial charge in [-0.25, -0.2) is 0 Å². The van der Waals surface area contributed by atoms with E-state index in [9.17, 15) is 30.3 Å². The summed E-state index contributed by atoms with van der Waals surface area (Å²) in [7, 11) is 0. The van der Waals surface area contributed by atoms with Crippen LogP contribution in [0, 0.1) is 0 Å². The van der Waals surface area contributed by atoms with Gasteiger partial charge < -0.3 is 49.6 Å². The molecule has 0 unspecified atom stereocenters. The molecule has 10 heteroatoms. The molecule has 0 amide bonds. The molecule has 0 aliphatic carbocycles. The molecule has 22 heavy (non-hydrogen) atoms. The fourth-order valence-electron chi connectivity index (χ4n) is 2.48. The van der Waals surface area contributed by atoms with E-state index in [4.69, 9.17) is 19.3 Å². The predicted octanol–water partition coefficient (Wildman–Crippen LogP) is -4.51. The fourth-order valence-corrected chi connectivity index (χ4v) is 2.48. The number of hydrogen-bond acceptors (Lipinski definition) is 10. The molecule has 0 saturated carbocycles. The second-order valence-corrected chi connectivity index (χ2v) is 5.29. The molecule has 0 radical (unpaired) electrons. The van der Waals surface area contributed by atoms with Gasteiger partial charge in [-0.2, -0.15) is 0 Å². The van der Waals surface area contributed by atoms with Gasteiger partial charge in [0.05, 0.1) is 13.2 Å². The quantitative estimate of drug-likeness (QED) is 0.251. The summed E-state index contributed by atoms with van der Waals surface area (Å²) in [5, 5.41) is 57.4. The summed E-state index contributed by atoms with van der Waals surface area (Å²) < 4.78 is 15.6. The van der Waals surface area contributed by atoms with Gasteiger partial charge in [-0.3, -0.25) is 0 Å². The Morgan fingerprint density at radius 3 is 2.50 bits per heavy atom. The van der Waals surface area contributed by atoms with Crippen molar-refractivity contribution in [2.24, 2.45) is 0 Å². The molecule has 2 rings (SSSR count). The average molecular weight is 324 g/mol. The first kappa shape index (κ1) is 17.7. The molecule has 2 bridgehead atoms. The molecule has 0 aromatic heterocycles. The van der Waals surface area contributed by atoms with Crippen molar-refractivity contribution >= 4 is 6.29 Å². The Morgan fingerprint density at radius 1 is 1.23 bits per heavy atom. The molecule has 2 aliphatic heterocycles. The van der Waals surface area contributed by atoms with Gasteiger partial charge in [0.1, 0.15) is 48.8 Å². The smallest absolute Gasteiger partial charge is 0.187 e. The van der Waals surface area contributed by atoms with E-state index in [2.05, 4.69) is 0 Å². The lowest BCUT2D eigenvalue weighted by Crippen LogP contribution is -2.58. The van der Waals surface area contributed by atoms with E-state index in [0.29, 0.717) is 0 Å². The van der Waals surface area contributed by atoms with Crippen molar-refractivity contribution in [3.63, 3.8) is 0 Å². The summed E-state index contributed by atoms with van der Waals surface area (Å²) in [6.07, 6.45) is -12.4. The second kappa shape index (κ2) is 7.25. The van der Waals surface area contributed by atoms with Crippen LogP contribution < -0.4 is 0 Å². The zero-order valence-electron chi connectivity index (χ0n) is 11.5. The third-order valence-corrected chi connectivity index (χ3v) is 3.78. The van der Waals surface area contributed by atoms with Crippen LogP contribution >= 0.6 is 0 Å². The number of aliphatic hydroxyl groups excluding tert-OH is 6. The molecular formula is C12H20O10. The number of fused-ring (bicyclic) bond motifs is 2. The predicted molar refractivity (Wildman–Crippen MR) is 66.5 cm³/mol. The molecule has 0 aromatic carbocycles. The first-order valence-corrected chi connectivity index (χ1v) is 6.79. The third-order valence-electron chi connectivity index (χ3n) is 3.78. The third kappa shape index (κ3) is 3.30. The maximum absolute atomic E-state index is 10.7. The molecule has 2 saturated heterocycles. The van der Waals surface area contributed by atoms with Gasteiger partial charge in [0.2, 0.25) is 0 Å². The number of carbonyl (C=O) groups excluding carboxylic acids is 1. The Labute approximate surface area is 125 Å². The summed E-state index contributed by atoms with van der Waals surface area (Å²) in [6, 6.07) is 0. The molecule has 0 spiro atoms. The summed E-state index contributed by atoms with van der Waals surface area (Å²) in [5.41, 5.74) is 0. The number of aliphatic hydroxyl groups is 6. The molecule has 0 aromatic rings. The first-order chi connectivity index (χ1) is 10.4. The van der Waals surface area contributed by atoms with Crippen molar-refractivity contribution in [3.8, 4) is 0 Å². The average Bonchev–Trinajstić information content (AvgIpc) is 2.79. The van der Waals surface area contributed by atoms with Crippen LogP contribution in [0.2, 0.25) is 0 Å². The molecule has 2 fully saturated rings. The molecule has 128 valence electrons. The molecule has 6 N–H and O–H groups in total. The van der Waals surface area contributed by atoms with E-state index in [-0.39, 0.29) is 12.9 Å². The van der Waals surface area contributed by atoms with E-state index < -0.39 is 61.7 Å². The van der Waals surface area contributed by atoms with Crippen LogP contribution in [0.15, 0.2) is 0 Å². The highest BCUT2D eigenvalue weighted by Crippen LogP contribution is 2.31. The van der Waals surface area contributed by atoms with Crippen molar-refractivity contribution in [1.82, 2.24) is 0 Å². The van der Waals surface area contributed by atoms with Gasteiger partial charge in [0, 0.05) is 0 Å². The Kier molecular flexibility index (Phi) is 5.82. The van der Waals surface area contributed by atoms with Gasteiger partial charge in [-0.15, -0.1) is 0 Å². The lowest BCUT2D eigenvalue weighted by atomic mass is 10.0. The normalized spacial score (nSPS) is 40.0. The maximum atomic E-state index is 10.7. The largest absolute Gasteiger partial charge is 0.394 e. The zero-order valence-corrected chi connectivity index (χ0v) is 11.5. The van der Waals surface area contributed by atoms with Crippen LogP contribution in [-0.2, 0) is 19.0 Å². The van der Waals surface area contributed by atoms with Gasteiger partial charge in [0.15, 0.2) is 12.6 Å². The Balaban J connectivity index is 2.08. The number of hydrogen-bond donors (Lipinski definition) is 6. The zero-order chi connectivity index (χ0) is 16.4. The Morgan fingerprint density at radius 2 is 1.91 bits per heavy atom. The SMILES string of the molecule is O=C[C@H](O)[C@@H](O[C@@H]1O[C@H]2CO[C@@H]([C@@H]1O)[C@@H]2O)[C@@H](O)[C@H](O)CO. The number of carbonyl (C=O) groups is 1. The van der Waals surface area contributed by atoms with Crippen LogP contribution in [0.3, 0.4) is 0 Å². The van der Waals surface area contributed by atoms with E-state index in [1.54, 1.807) is 0 Å². The topological polar surface area (TPSA) is 166 Å². The van der Waals surface area contributed by atoms with Crippen molar-refractivity contribution < 1.29 is 49.6 Å². The van der Waals surface area contributed by atoms with Crippen molar-refractivity contribution in [3.05, 3.63) is 0 Å². The highest BCUT2D eigenvalue weighted by molar-refractivity contribution is 5.56. The Hall–Kier alpha value is -0.690. The van der Waals surface area contributed by atoms with E-state index in [1.165, 1.54) is 0 Å². The summed E-state index contributed by atoms with van der Waals surface area (Å²) in [5.74, 6) is 0. The molecule has 9 atom stereocenters. The summed E-state index contributed by atoms with van der Waals surface area (Å²) in [6.45, 7) is -0.792. The first-order valence-electron chi connectivity index (χ1n) is 6.79. The molecule has 2 aliphatic rings. The number of rotatable bonds is 7. The molecular weight excluding hydrogens is 304 g/mol. The van der Waals surface area contributed by atoms with Gasteiger partial charge in [-0.05, 0) is 0 Å². The van der Waals surface area contributed by atoms with Crippen molar-refractivity contribution in [1.29, 1.82) is 0 Å². The number of ether oxygens (including phenoxy) is 3. The van der Waals surface area contributed by atoms with E-state index in [0.717, 1.165) is 0 Å². The second-order valence-electron chi connectivity index (χ2n) is 5.29. The molecule has 10 nitrogen and oxygen atoms in total. The van der Waals surface area contributed by atoms with Crippen LogP contribution in [0.1, 0.15) is 0 Å². The standard InChI is InChI=1S/C12H20O10/c13-1-4(15)7(17)10(5(16)2-14)22-12-9(19)11-8(18)6(21-12)3-20-11/h2,4-13,15-19H,1,3H2/t4-,5+,6+,7+,8-,9+,10-,11-,12+/m1/s1. The minimum Gasteiger partial charge on any atom is -0.394 e. The van der Waals surface area contributed by atoms with Crippen molar-refractivity contribution in [2.45, 2.75) is 55.1 Å². The van der Waals surface area contributed by atoms with Crippen LogP contribution in [-0.4, -0.2) is 105 Å². The van der Waals surface area contributed by atoms with Crippen LogP contribution in [0.4, 0.5) is 0 Å². The van der Waals surface area contributed by atoms with Gasteiger partial charge in [0.25, 0.3) is 0 Å². The summed E-state index contributed by atoms with van der Waals surface area (Å²) in [4.78, 5) is 10.7. The monoisotopic (exact) mass is 324 g/mol. The van der Waals surface area contributed by atoms with E-state index in [1.807, 2.05) is 0 Å².